The second-order valence-electron chi connectivity index (χ2n) is 4.76. The summed E-state index contributed by atoms with van der Waals surface area (Å²) in [7, 11) is 0. The number of para-hydroxylation sites is 1. The van der Waals surface area contributed by atoms with Crippen LogP contribution in [-0.2, 0) is 0 Å². The van der Waals surface area contributed by atoms with Crippen molar-refractivity contribution >= 4 is 17.0 Å². The number of nitrogens with one attached hydrogen (secondary N) is 2. The molecule has 3 rings (SSSR count). The maximum absolute atomic E-state index is 3.42. The summed E-state index contributed by atoms with van der Waals surface area (Å²) >= 11 is 0. The van der Waals surface area contributed by atoms with Crippen molar-refractivity contribution in [2.24, 2.45) is 0 Å². The van der Waals surface area contributed by atoms with Gasteiger partial charge in [-0.1, -0.05) is 24.3 Å². The molecule has 3 nitrogen and oxygen atoms in total. The zero-order valence-corrected chi connectivity index (χ0v) is 10.5. The summed E-state index contributed by atoms with van der Waals surface area (Å²) in [6.45, 7) is 5.56. The van der Waals surface area contributed by atoms with E-state index in [0.29, 0.717) is 0 Å². The first-order valence-corrected chi connectivity index (χ1v) is 6.59. The molecule has 1 aliphatic heterocycles. The van der Waals surface area contributed by atoms with Gasteiger partial charge in [0.2, 0.25) is 0 Å². The largest absolute Gasteiger partial charge is 0.355 e. The molecule has 1 aromatic carbocycles. The minimum absolute atomic E-state index is 1.04. The summed E-state index contributed by atoms with van der Waals surface area (Å²) in [4.78, 5) is 5.88. The lowest BCUT2D eigenvalue weighted by atomic mass is 10.2. The Kier molecular flexibility index (Phi) is 3.44. The fourth-order valence-electron chi connectivity index (χ4n) is 2.41. The van der Waals surface area contributed by atoms with E-state index in [2.05, 4.69) is 57.7 Å². The Morgan fingerprint density at radius 3 is 2.83 bits per heavy atom. The van der Waals surface area contributed by atoms with Crippen LogP contribution in [0.4, 0.5) is 0 Å². The van der Waals surface area contributed by atoms with Crippen LogP contribution in [0.2, 0.25) is 0 Å². The van der Waals surface area contributed by atoms with Gasteiger partial charge in [0.25, 0.3) is 0 Å². The quantitative estimate of drug-likeness (QED) is 0.862. The van der Waals surface area contributed by atoms with Crippen molar-refractivity contribution in [1.29, 1.82) is 0 Å². The molecule has 0 radical (unpaired) electrons. The van der Waals surface area contributed by atoms with Crippen LogP contribution in [0.1, 0.15) is 5.69 Å². The molecule has 1 aliphatic rings. The molecule has 0 spiro atoms. The van der Waals surface area contributed by atoms with Crippen molar-refractivity contribution in [3.05, 3.63) is 42.1 Å². The van der Waals surface area contributed by atoms with Crippen LogP contribution in [0.15, 0.2) is 36.4 Å². The maximum Gasteiger partial charge on any atom is 0.0458 e. The van der Waals surface area contributed by atoms with Gasteiger partial charge in [0, 0.05) is 43.9 Å². The Hall–Kier alpha value is -1.58. The summed E-state index contributed by atoms with van der Waals surface area (Å²) in [6.07, 6.45) is 4.43. The first kappa shape index (κ1) is 11.5. The molecule has 0 unspecified atom stereocenters. The number of benzene rings is 1. The summed E-state index contributed by atoms with van der Waals surface area (Å²) in [6, 6.07) is 10.6. The second kappa shape index (κ2) is 5.38. The first-order valence-electron chi connectivity index (χ1n) is 6.59. The normalized spacial score (nSPS) is 17.8. The van der Waals surface area contributed by atoms with E-state index in [1.54, 1.807) is 0 Å². The van der Waals surface area contributed by atoms with Crippen LogP contribution in [-0.4, -0.2) is 42.6 Å². The summed E-state index contributed by atoms with van der Waals surface area (Å²) in [5.74, 6) is 0. The number of H-pyrrole nitrogens is 1. The molecule has 0 saturated carbocycles. The number of rotatable bonds is 3. The predicted octanol–water partition coefficient (Wildman–Crippen LogP) is 2.09. The zero-order valence-electron chi connectivity index (χ0n) is 10.5. The zero-order chi connectivity index (χ0) is 12.2. The Balaban J connectivity index is 1.64. The van der Waals surface area contributed by atoms with Crippen LogP contribution >= 0.6 is 0 Å². The molecule has 18 heavy (non-hydrogen) atoms. The van der Waals surface area contributed by atoms with Gasteiger partial charge in [-0.05, 0) is 23.6 Å². The molecule has 2 aromatic rings. The number of nitrogens with zero attached hydrogens (tertiary/aromatic N) is 1. The highest BCUT2D eigenvalue weighted by Crippen LogP contribution is 2.15. The third kappa shape index (κ3) is 2.63. The molecular weight excluding hydrogens is 222 g/mol. The van der Waals surface area contributed by atoms with Crippen molar-refractivity contribution in [3.8, 4) is 0 Å². The maximum atomic E-state index is 3.42. The topological polar surface area (TPSA) is 31.1 Å². The van der Waals surface area contributed by atoms with Gasteiger partial charge in [-0.3, -0.25) is 4.90 Å². The predicted molar refractivity (Wildman–Crippen MR) is 76.6 cm³/mol. The third-order valence-corrected chi connectivity index (χ3v) is 3.42. The van der Waals surface area contributed by atoms with Gasteiger partial charge in [-0.25, -0.2) is 0 Å². The number of aromatic nitrogens is 1. The van der Waals surface area contributed by atoms with Crippen LogP contribution < -0.4 is 5.32 Å². The van der Waals surface area contributed by atoms with Crippen molar-refractivity contribution in [2.75, 3.05) is 32.7 Å². The molecule has 1 saturated heterocycles. The highest BCUT2D eigenvalue weighted by Gasteiger charge is 2.06. The molecule has 0 aliphatic carbocycles. The number of hydrogen-bond donors (Lipinski definition) is 2. The van der Waals surface area contributed by atoms with Crippen molar-refractivity contribution < 1.29 is 0 Å². The van der Waals surface area contributed by atoms with Crippen LogP contribution in [0.3, 0.4) is 0 Å². The Morgan fingerprint density at radius 2 is 2.00 bits per heavy atom. The average molecular weight is 241 g/mol. The fourth-order valence-corrected chi connectivity index (χ4v) is 2.41. The van der Waals surface area contributed by atoms with Gasteiger partial charge in [0.1, 0.15) is 0 Å². The van der Waals surface area contributed by atoms with E-state index in [1.807, 2.05) is 0 Å². The van der Waals surface area contributed by atoms with Crippen LogP contribution in [0.25, 0.3) is 17.0 Å². The average Bonchev–Trinajstić information content (AvgIpc) is 2.82. The summed E-state index contributed by atoms with van der Waals surface area (Å²) in [5.41, 5.74) is 2.39. The molecule has 2 N–H and O–H groups in total. The monoisotopic (exact) mass is 241 g/mol. The lowest BCUT2D eigenvalue weighted by Gasteiger charge is -2.25. The third-order valence-electron chi connectivity index (χ3n) is 3.42. The Labute approximate surface area is 107 Å². The smallest absolute Gasteiger partial charge is 0.0458 e. The van der Waals surface area contributed by atoms with E-state index in [0.717, 1.165) is 32.7 Å². The van der Waals surface area contributed by atoms with E-state index in [-0.39, 0.29) is 0 Å². The summed E-state index contributed by atoms with van der Waals surface area (Å²) in [5, 5.41) is 4.65. The van der Waals surface area contributed by atoms with Gasteiger partial charge >= 0.3 is 0 Å². The summed E-state index contributed by atoms with van der Waals surface area (Å²) < 4.78 is 0. The lowest BCUT2D eigenvalue weighted by Crippen LogP contribution is -2.43. The first-order chi connectivity index (χ1) is 8.92. The van der Waals surface area contributed by atoms with E-state index < -0.39 is 0 Å². The number of hydrogen-bond acceptors (Lipinski definition) is 2. The molecule has 0 atom stereocenters. The van der Waals surface area contributed by atoms with Crippen molar-refractivity contribution in [1.82, 2.24) is 15.2 Å². The van der Waals surface area contributed by atoms with E-state index in [9.17, 15) is 0 Å². The van der Waals surface area contributed by atoms with E-state index in [1.165, 1.54) is 16.6 Å². The molecule has 0 bridgehead atoms. The molecule has 1 fully saturated rings. The van der Waals surface area contributed by atoms with Gasteiger partial charge in [0.15, 0.2) is 0 Å². The van der Waals surface area contributed by atoms with Crippen LogP contribution in [0, 0.1) is 0 Å². The van der Waals surface area contributed by atoms with Gasteiger partial charge < -0.3 is 10.3 Å². The fraction of sp³-hybridized carbons (Fsp3) is 0.333. The van der Waals surface area contributed by atoms with E-state index in [4.69, 9.17) is 0 Å². The van der Waals surface area contributed by atoms with Crippen LogP contribution in [0.5, 0.6) is 0 Å². The highest BCUT2D eigenvalue weighted by molar-refractivity contribution is 5.82. The minimum Gasteiger partial charge on any atom is -0.355 e. The van der Waals surface area contributed by atoms with Crippen molar-refractivity contribution in [2.45, 2.75) is 0 Å². The molecule has 3 heteroatoms. The molecule has 94 valence electrons. The van der Waals surface area contributed by atoms with Gasteiger partial charge in [-0.15, -0.1) is 0 Å². The van der Waals surface area contributed by atoms with Gasteiger partial charge in [0.05, 0.1) is 0 Å². The number of aromatic amines is 1. The molecule has 0 amide bonds. The lowest BCUT2D eigenvalue weighted by molar-refractivity contribution is 0.265. The van der Waals surface area contributed by atoms with Crippen molar-refractivity contribution in [3.63, 3.8) is 0 Å². The second-order valence-corrected chi connectivity index (χ2v) is 4.76. The molecule has 1 aromatic heterocycles. The Bertz CT molecular complexity index is 502. The van der Waals surface area contributed by atoms with Gasteiger partial charge in [-0.2, -0.15) is 0 Å². The minimum atomic E-state index is 1.04. The Morgan fingerprint density at radius 1 is 1.17 bits per heavy atom. The molecular formula is C15H19N3. The van der Waals surface area contributed by atoms with E-state index >= 15 is 0 Å². The highest BCUT2D eigenvalue weighted by atomic mass is 15.2. The number of piperazine rings is 1. The number of fused-ring (bicyclic) bond motifs is 1. The molecule has 2 heterocycles. The standard InChI is InChI=1S/C15H19N3/c1-2-6-15-13(4-1)12-14(17-15)5-3-9-18-10-7-16-8-11-18/h1-6,12,16-17H,7-11H2. The SMILES string of the molecule is C(=Cc1cc2ccccc2[nH]1)CN1CCNCC1.